The summed E-state index contributed by atoms with van der Waals surface area (Å²) in [4.78, 5) is 21.6. The average Bonchev–Trinajstić information content (AvgIpc) is 3.14. The van der Waals surface area contributed by atoms with E-state index in [-0.39, 0.29) is 5.91 Å². The number of amides is 1. The molecule has 4 rings (SSSR count). The number of thiazole rings is 1. The Hall–Kier alpha value is -2.51. The summed E-state index contributed by atoms with van der Waals surface area (Å²) in [6.07, 6.45) is 0. The van der Waals surface area contributed by atoms with Crippen molar-refractivity contribution >= 4 is 32.6 Å². The molecule has 2 aromatic carbocycles. The Labute approximate surface area is 167 Å². The molecule has 0 atom stereocenters. The highest BCUT2D eigenvalue weighted by Crippen LogP contribution is 2.30. The normalized spacial score (nSPS) is 15.1. The molecule has 0 aliphatic carbocycles. The van der Waals surface area contributed by atoms with E-state index < -0.39 is 5.82 Å². The molecule has 28 heavy (non-hydrogen) atoms. The first-order chi connectivity index (χ1) is 13.6. The zero-order valence-corrected chi connectivity index (χ0v) is 16.6. The van der Waals surface area contributed by atoms with Gasteiger partial charge < -0.3 is 10.2 Å². The fourth-order valence-electron chi connectivity index (χ4n) is 3.43. The third-order valence-corrected chi connectivity index (χ3v) is 6.13. The number of nitrogens with zero attached hydrogens (tertiary/aromatic N) is 3. The van der Waals surface area contributed by atoms with Crippen molar-refractivity contribution in [2.24, 2.45) is 0 Å². The monoisotopic (exact) mass is 398 g/mol. The fraction of sp³-hybridized carbons (Fsp3) is 0.333. The number of piperazine rings is 1. The lowest BCUT2D eigenvalue weighted by Crippen LogP contribution is -2.48. The number of hydrogen-bond acceptors (Lipinski definition) is 5. The van der Waals surface area contributed by atoms with Crippen LogP contribution in [0.4, 0.5) is 9.52 Å². The van der Waals surface area contributed by atoms with Crippen LogP contribution in [0.3, 0.4) is 0 Å². The maximum absolute atomic E-state index is 13.2. The van der Waals surface area contributed by atoms with Gasteiger partial charge >= 0.3 is 0 Å². The number of benzene rings is 2. The van der Waals surface area contributed by atoms with Crippen LogP contribution in [0.2, 0.25) is 0 Å². The minimum Gasteiger partial charge on any atom is -0.351 e. The number of para-hydroxylation sites is 1. The molecular weight excluding hydrogens is 375 g/mol. The first-order valence-electron chi connectivity index (χ1n) is 9.47. The highest BCUT2D eigenvalue weighted by atomic mass is 32.1. The summed E-state index contributed by atoms with van der Waals surface area (Å²) in [6.45, 7) is 7.16. The second-order valence-corrected chi connectivity index (χ2v) is 8.02. The molecule has 0 bridgehead atoms. The van der Waals surface area contributed by atoms with Gasteiger partial charge in [0, 0.05) is 44.8 Å². The number of halogens is 1. The van der Waals surface area contributed by atoms with Gasteiger partial charge in [-0.3, -0.25) is 9.69 Å². The molecule has 7 heteroatoms. The molecule has 2 heterocycles. The van der Waals surface area contributed by atoms with E-state index in [0.717, 1.165) is 43.4 Å². The summed E-state index contributed by atoms with van der Waals surface area (Å²) < 4.78 is 14.4. The largest absolute Gasteiger partial charge is 0.351 e. The first kappa shape index (κ1) is 18.8. The Morgan fingerprint density at radius 2 is 1.96 bits per heavy atom. The van der Waals surface area contributed by atoms with Gasteiger partial charge in [0.1, 0.15) is 5.82 Å². The summed E-state index contributed by atoms with van der Waals surface area (Å²) >= 11 is 1.75. The van der Waals surface area contributed by atoms with Crippen molar-refractivity contribution in [3.8, 4) is 0 Å². The van der Waals surface area contributed by atoms with Crippen LogP contribution in [0.1, 0.15) is 15.9 Å². The van der Waals surface area contributed by atoms with Gasteiger partial charge in [-0.2, -0.15) is 0 Å². The summed E-state index contributed by atoms with van der Waals surface area (Å²) in [6, 6.07) is 12.1. The Kier molecular flexibility index (Phi) is 5.54. The number of hydrogen-bond donors (Lipinski definition) is 1. The van der Waals surface area contributed by atoms with Crippen molar-refractivity contribution in [3.63, 3.8) is 0 Å². The molecule has 1 N–H and O–H groups in total. The summed E-state index contributed by atoms with van der Waals surface area (Å²) in [5.74, 6) is -0.628. The predicted molar refractivity (Wildman–Crippen MR) is 112 cm³/mol. The molecule has 1 saturated heterocycles. The number of rotatable bonds is 5. The molecule has 1 aliphatic rings. The minimum atomic E-state index is -0.395. The maximum Gasteiger partial charge on any atom is 0.251 e. The van der Waals surface area contributed by atoms with E-state index in [0.29, 0.717) is 12.1 Å². The lowest BCUT2D eigenvalue weighted by molar-refractivity contribution is 0.0947. The average molecular weight is 399 g/mol. The van der Waals surface area contributed by atoms with E-state index in [1.165, 1.54) is 22.4 Å². The van der Waals surface area contributed by atoms with Crippen LogP contribution in [0.25, 0.3) is 10.2 Å². The number of carbonyl (C=O) groups is 1. The summed E-state index contributed by atoms with van der Waals surface area (Å²) in [5.41, 5.74) is 2.67. The number of anilines is 1. The molecular formula is C21H23FN4OS. The van der Waals surface area contributed by atoms with Gasteiger partial charge in [-0.25, -0.2) is 9.37 Å². The molecule has 0 saturated carbocycles. The van der Waals surface area contributed by atoms with Crippen LogP contribution in [-0.2, 0) is 0 Å². The van der Waals surface area contributed by atoms with Crippen LogP contribution in [0, 0.1) is 12.7 Å². The molecule has 1 aliphatic heterocycles. The van der Waals surface area contributed by atoms with Crippen molar-refractivity contribution in [1.82, 2.24) is 15.2 Å². The van der Waals surface area contributed by atoms with Crippen molar-refractivity contribution in [1.29, 1.82) is 0 Å². The van der Waals surface area contributed by atoms with Gasteiger partial charge in [0.05, 0.1) is 10.2 Å². The van der Waals surface area contributed by atoms with Crippen molar-refractivity contribution in [2.45, 2.75) is 6.92 Å². The lowest BCUT2D eigenvalue weighted by atomic mass is 10.2. The van der Waals surface area contributed by atoms with Crippen molar-refractivity contribution in [2.75, 3.05) is 44.2 Å². The first-order valence-corrected chi connectivity index (χ1v) is 10.3. The molecule has 0 radical (unpaired) electrons. The Balaban J connectivity index is 1.26. The number of nitrogens with one attached hydrogen (secondary N) is 1. The van der Waals surface area contributed by atoms with E-state index in [4.69, 9.17) is 4.98 Å². The molecule has 1 aromatic heterocycles. The lowest BCUT2D eigenvalue weighted by Gasteiger charge is -2.34. The highest BCUT2D eigenvalue weighted by Gasteiger charge is 2.20. The minimum absolute atomic E-state index is 0.233. The Morgan fingerprint density at radius 3 is 2.71 bits per heavy atom. The second kappa shape index (κ2) is 8.24. The van der Waals surface area contributed by atoms with Gasteiger partial charge in [0.25, 0.3) is 5.91 Å². The zero-order valence-electron chi connectivity index (χ0n) is 15.8. The molecule has 5 nitrogen and oxygen atoms in total. The third kappa shape index (κ3) is 4.15. The molecule has 1 fully saturated rings. The number of aromatic nitrogens is 1. The number of carbonyl (C=O) groups excluding carboxylic acids is 1. The van der Waals surface area contributed by atoms with Crippen LogP contribution in [-0.4, -0.2) is 55.1 Å². The van der Waals surface area contributed by atoms with E-state index in [2.05, 4.69) is 40.2 Å². The standard InChI is InChI=1S/C21H23FN4OS/c1-15-4-2-7-18-19(15)24-21(28-18)26-12-10-25(11-13-26)9-8-23-20(27)16-5-3-6-17(22)14-16/h2-7,14H,8-13H2,1H3,(H,23,27). The smallest absolute Gasteiger partial charge is 0.251 e. The van der Waals surface area contributed by atoms with Crippen molar-refractivity contribution in [3.05, 3.63) is 59.4 Å². The van der Waals surface area contributed by atoms with Crippen LogP contribution in [0.15, 0.2) is 42.5 Å². The van der Waals surface area contributed by atoms with E-state index >= 15 is 0 Å². The van der Waals surface area contributed by atoms with Crippen LogP contribution >= 0.6 is 11.3 Å². The topological polar surface area (TPSA) is 48.5 Å². The zero-order chi connectivity index (χ0) is 19.5. The second-order valence-electron chi connectivity index (χ2n) is 7.01. The van der Waals surface area contributed by atoms with Gasteiger partial charge in [0.2, 0.25) is 0 Å². The quantitative estimate of drug-likeness (QED) is 0.717. The number of fused-ring (bicyclic) bond motifs is 1. The summed E-state index contributed by atoms with van der Waals surface area (Å²) in [5, 5.41) is 3.96. The van der Waals surface area contributed by atoms with E-state index in [9.17, 15) is 9.18 Å². The molecule has 146 valence electrons. The van der Waals surface area contributed by atoms with Crippen LogP contribution < -0.4 is 10.2 Å². The molecule has 3 aromatic rings. The van der Waals surface area contributed by atoms with E-state index in [1.54, 1.807) is 23.5 Å². The predicted octanol–water partition coefficient (Wildman–Crippen LogP) is 3.30. The van der Waals surface area contributed by atoms with Gasteiger partial charge in [-0.15, -0.1) is 0 Å². The van der Waals surface area contributed by atoms with Gasteiger partial charge in [0.15, 0.2) is 5.13 Å². The molecule has 1 amide bonds. The fourth-order valence-corrected chi connectivity index (χ4v) is 4.53. The molecule has 0 spiro atoms. The van der Waals surface area contributed by atoms with Crippen molar-refractivity contribution < 1.29 is 9.18 Å². The van der Waals surface area contributed by atoms with E-state index in [1.807, 2.05) is 0 Å². The van der Waals surface area contributed by atoms with Gasteiger partial charge in [-0.1, -0.05) is 29.5 Å². The summed E-state index contributed by atoms with van der Waals surface area (Å²) in [7, 11) is 0. The third-order valence-electron chi connectivity index (χ3n) is 5.05. The SMILES string of the molecule is Cc1cccc2sc(N3CCN(CCNC(=O)c4cccc(F)c4)CC3)nc12. The molecule has 0 unspecified atom stereocenters. The Bertz CT molecular complexity index is 981. The highest BCUT2D eigenvalue weighted by molar-refractivity contribution is 7.22. The van der Waals surface area contributed by atoms with Gasteiger partial charge in [-0.05, 0) is 36.8 Å². The Morgan fingerprint density at radius 1 is 1.18 bits per heavy atom. The number of aryl methyl sites for hydroxylation is 1. The maximum atomic E-state index is 13.2. The van der Waals surface area contributed by atoms with Crippen LogP contribution in [0.5, 0.6) is 0 Å².